The summed E-state index contributed by atoms with van der Waals surface area (Å²) in [5.74, 6) is -0.425. The predicted octanol–water partition coefficient (Wildman–Crippen LogP) is -0.220. The molecule has 0 radical (unpaired) electrons. The zero-order valence-corrected chi connectivity index (χ0v) is 7.54. The summed E-state index contributed by atoms with van der Waals surface area (Å²) >= 11 is 0. The lowest BCUT2D eigenvalue weighted by Gasteiger charge is -2.18. The predicted molar refractivity (Wildman–Crippen MR) is 47.4 cm³/mol. The van der Waals surface area contributed by atoms with Gasteiger partial charge in [0.2, 0.25) is 0 Å². The number of hydrogen-bond donors (Lipinski definition) is 2. The molecule has 4 N–H and O–H groups in total. The van der Waals surface area contributed by atoms with Crippen LogP contribution in [0.2, 0.25) is 0 Å². The van der Waals surface area contributed by atoms with E-state index in [1.165, 1.54) is 0 Å². The van der Waals surface area contributed by atoms with Gasteiger partial charge in [0, 0.05) is 12.1 Å². The van der Waals surface area contributed by atoms with Gasteiger partial charge in [-0.1, -0.05) is 6.58 Å². The summed E-state index contributed by atoms with van der Waals surface area (Å²) in [4.78, 5) is 11.0. The molecule has 0 aliphatic carbocycles. The maximum absolute atomic E-state index is 11.0. The van der Waals surface area contributed by atoms with E-state index < -0.39 is 5.97 Å². The number of carbonyl (C=O) groups excluding carboxylic acids is 1. The van der Waals surface area contributed by atoms with Gasteiger partial charge in [0.05, 0.1) is 6.04 Å². The first-order valence-corrected chi connectivity index (χ1v) is 3.81. The molecule has 0 fully saturated rings. The number of hydrogen-bond acceptors (Lipinski definition) is 4. The van der Waals surface area contributed by atoms with E-state index in [1.54, 1.807) is 13.8 Å². The highest BCUT2D eigenvalue weighted by atomic mass is 16.5. The van der Waals surface area contributed by atoms with Gasteiger partial charge in [-0.15, -0.1) is 0 Å². The molecule has 2 unspecified atom stereocenters. The van der Waals surface area contributed by atoms with Gasteiger partial charge in [-0.05, 0) is 13.8 Å². The van der Waals surface area contributed by atoms with E-state index in [2.05, 4.69) is 6.58 Å². The molecule has 0 amide bonds. The minimum atomic E-state index is -0.425. The van der Waals surface area contributed by atoms with Crippen molar-refractivity contribution in [1.29, 1.82) is 0 Å². The lowest BCUT2D eigenvalue weighted by Crippen LogP contribution is -2.41. The average molecular weight is 172 g/mol. The van der Waals surface area contributed by atoms with Crippen LogP contribution < -0.4 is 11.5 Å². The van der Waals surface area contributed by atoms with E-state index in [1.807, 2.05) is 0 Å². The molecule has 0 saturated heterocycles. The second kappa shape index (κ2) is 4.90. The highest BCUT2D eigenvalue weighted by molar-refractivity contribution is 5.87. The molecule has 0 aliphatic heterocycles. The Morgan fingerprint density at radius 3 is 2.50 bits per heavy atom. The third-order valence-corrected chi connectivity index (χ3v) is 1.52. The summed E-state index contributed by atoms with van der Waals surface area (Å²) in [7, 11) is 0. The Bertz CT molecular complexity index is 180. The SMILES string of the molecule is C=C(C)C(=O)OC(C)C(N)CN. The molecule has 4 nitrogen and oxygen atoms in total. The number of carbonyl (C=O) groups is 1. The smallest absolute Gasteiger partial charge is 0.333 e. The Balaban J connectivity index is 3.92. The van der Waals surface area contributed by atoms with Gasteiger partial charge in [0.15, 0.2) is 0 Å². The Labute approximate surface area is 72.6 Å². The molecule has 0 aliphatic rings. The van der Waals surface area contributed by atoms with Crippen LogP contribution in [0.5, 0.6) is 0 Å². The fraction of sp³-hybridized carbons (Fsp3) is 0.625. The van der Waals surface area contributed by atoms with E-state index in [0.29, 0.717) is 12.1 Å². The number of esters is 1. The zero-order chi connectivity index (χ0) is 9.72. The van der Waals surface area contributed by atoms with E-state index in [-0.39, 0.29) is 12.1 Å². The van der Waals surface area contributed by atoms with Crippen LogP contribution in [0.3, 0.4) is 0 Å². The van der Waals surface area contributed by atoms with Crippen LogP contribution in [0.1, 0.15) is 13.8 Å². The summed E-state index contributed by atoms with van der Waals surface area (Å²) in [6.45, 7) is 7.04. The van der Waals surface area contributed by atoms with E-state index in [0.717, 1.165) is 0 Å². The van der Waals surface area contributed by atoms with Crippen molar-refractivity contribution in [1.82, 2.24) is 0 Å². The average Bonchev–Trinajstić information content (AvgIpc) is 2.02. The topological polar surface area (TPSA) is 78.3 Å². The Hall–Kier alpha value is -0.870. The minimum Gasteiger partial charge on any atom is -0.458 e. The van der Waals surface area contributed by atoms with Gasteiger partial charge in [-0.2, -0.15) is 0 Å². The zero-order valence-electron chi connectivity index (χ0n) is 7.54. The largest absolute Gasteiger partial charge is 0.458 e. The molecule has 2 atom stereocenters. The van der Waals surface area contributed by atoms with Gasteiger partial charge in [0.25, 0.3) is 0 Å². The molecule has 0 aromatic heterocycles. The van der Waals surface area contributed by atoms with E-state index in [9.17, 15) is 4.79 Å². The normalized spacial score (nSPS) is 15.0. The summed E-state index contributed by atoms with van der Waals surface area (Å²) in [5.41, 5.74) is 11.2. The fourth-order valence-electron chi connectivity index (χ4n) is 0.548. The highest BCUT2D eigenvalue weighted by Crippen LogP contribution is 2.00. The van der Waals surface area contributed by atoms with Crippen LogP contribution in [0.4, 0.5) is 0 Å². The van der Waals surface area contributed by atoms with Crippen LogP contribution in [0.15, 0.2) is 12.2 Å². The summed E-state index contributed by atoms with van der Waals surface area (Å²) in [6, 6.07) is -0.312. The number of ether oxygens (including phenoxy) is 1. The van der Waals surface area contributed by atoms with Crippen LogP contribution in [0.25, 0.3) is 0 Å². The van der Waals surface area contributed by atoms with Gasteiger partial charge in [0.1, 0.15) is 6.10 Å². The van der Waals surface area contributed by atoms with Crippen molar-refractivity contribution in [3.63, 3.8) is 0 Å². The van der Waals surface area contributed by atoms with Crippen molar-refractivity contribution < 1.29 is 9.53 Å². The van der Waals surface area contributed by atoms with Crippen LogP contribution in [-0.2, 0) is 9.53 Å². The van der Waals surface area contributed by atoms with Gasteiger partial charge in [-0.25, -0.2) is 4.79 Å². The van der Waals surface area contributed by atoms with Crippen molar-refractivity contribution >= 4 is 5.97 Å². The van der Waals surface area contributed by atoms with Gasteiger partial charge >= 0.3 is 5.97 Å². The molecule has 4 heteroatoms. The van der Waals surface area contributed by atoms with Crippen molar-refractivity contribution in [3.8, 4) is 0 Å². The lowest BCUT2D eigenvalue weighted by atomic mass is 10.2. The van der Waals surface area contributed by atoms with Crippen LogP contribution in [0, 0.1) is 0 Å². The third-order valence-electron chi connectivity index (χ3n) is 1.52. The van der Waals surface area contributed by atoms with Crippen LogP contribution in [-0.4, -0.2) is 24.7 Å². The monoisotopic (exact) mass is 172 g/mol. The van der Waals surface area contributed by atoms with Crippen molar-refractivity contribution in [2.45, 2.75) is 26.0 Å². The van der Waals surface area contributed by atoms with Crippen molar-refractivity contribution in [2.75, 3.05) is 6.54 Å². The van der Waals surface area contributed by atoms with Crippen molar-refractivity contribution in [2.24, 2.45) is 11.5 Å². The Kier molecular flexibility index (Phi) is 4.54. The third kappa shape index (κ3) is 3.50. The maximum Gasteiger partial charge on any atom is 0.333 e. The second-order valence-electron chi connectivity index (χ2n) is 2.79. The number of rotatable bonds is 4. The highest BCUT2D eigenvalue weighted by Gasteiger charge is 2.15. The molecule has 0 spiro atoms. The quantitative estimate of drug-likeness (QED) is 0.454. The molecule has 0 heterocycles. The molecule has 0 aromatic carbocycles. The number of nitrogens with two attached hydrogens (primary N) is 2. The van der Waals surface area contributed by atoms with Crippen molar-refractivity contribution in [3.05, 3.63) is 12.2 Å². The van der Waals surface area contributed by atoms with Crippen LogP contribution >= 0.6 is 0 Å². The molecular weight excluding hydrogens is 156 g/mol. The fourth-order valence-corrected chi connectivity index (χ4v) is 0.548. The van der Waals surface area contributed by atoms with E-state index >= 15 is 0 Å². The Morgan fingerprint density at radius 1 is 1.67 bits per heavy atom. The first kappa shape index (κ1) is 11.1. The molecule has 0 rings (SSSR count). The Morgan fingerprint density at radius 2 is 2.17 bits per heavy atom. The summed E-state index contributed by atoms with van der Waals surface area (Å²) in [6.07, 6.45) is -0.362. The molecule has 12 heavy (non-hydrogen) atoms. The summed E-state index contributed by atoms with van der Waals surface area (Å²) in [5, 5.41) is 0. The van der Waals surface area contributed by atoms with Gasteiger partial charge in [-0.3, -0.25) is 0 Å². The molecule has 70 valence electrons. The minimum absolute atomic E-state index is 0.296. The molecular formula is C8H16N2O2. The molecule has 0 bridgehead atoms. The second-order valence-corrected chi connectivity index (χ2v) is 2.79. The van der Waals surface area contributed by atoms with E-state index in [4.69, 9.17) is 16.2 Å². The maximum atomic E-state index is 11.0. The standard InChI is InChI=1S/C8H16N2O2/c1-5(2)8(11)12-6(3)7(10)4-9/h6-7H,1,4,9-10H2,2-3H3. The molecule has 0 aromatic rings. The summed E-state index contributed by atoms with van der Waals surface area (Å²) < 4.78 is 4.92. The first-order chi connectivity index (χ1) is 5.49. The molecule has 0 saturated carbocycles. The lowest BCUT2D eigenvalue weighted by molar-refractivity contribution is -0.144. The van der Waals surface area contributed by atoms with Gasteiger partial charge < -0.3 is 16.2 Å². The first-order valence-electron chi connectivity index (χ1n) is 3.81.